The third kappa shape index (κ3) is 9.47. The summed E-state index contributed by atoms with van der Waals surface area (Å²) in [4.78, 5) is 40.7. The molecule has 2 aliphatic heterocycles. The first-order valence-corrected chi connectivity index (χ1v) is 15.1. The second-order valence-electron chi connectivity index (χ2n) is 12.1. The van der Waals surface area contributed by atoms with Gasteiger partial charge < -0.3 is 35.2 Å². The normalized spacial score (nSPS) is 16.0. The van der Waals surface area contributed by atoms with E-state index in [1.54, 1.807) is 0 Å². The van der Waals surface area contributed by atoms with Crippen LogP contribution in [0.5, 0.6) is 0 Å². The van der Waals surface area contributed by atoms with Crippen LogP contribution in [0.1, 0.15) is 64.1 Å². The van der Waals surface area contributed by atoms with E-state index in [1.165, 1.54) is 18.5 Å². The Labute approximate surface area is 249 Å². The molecule has 2 saturated heterocycles. The van der Waals surface area contributed by atoms with E-state index in [2.05, 4.69) is 49.4 Å². The number of alkyl carbamates (subject to hydrolysis) is 1. The Balaban J connectivity index is 1.35. The second-order valence-corrected chi connectivity index (χ2v) is 12.1. The highest BCUT2D eigenvalue weighted by Gasteiger charge is 2.29. The fourth-order valence-electron chi connectivity index (χ4n) is 5.53. The summed E-state index contributed by atoms with van der Waals surface area (Å²) in [5, 5.41) is 2.68. The topological polar surface area (TPSA) is 126 Å². The van der Waals surface area contributed by atoms with Crippen molar-refractivity contribution in [3.63, 3.8) is 0 Å². The highest BCUT2D eigenvalue weighted by atomic mass is 16.6. The summed E-state index contributed by atoms with van der Waals surface area (Å²) in [6.45, 7) is 12.6. The number of amides is 2. The number of piperidine rings is 1. The number of nitrogen functional groups attached to an aromatic ring is 1. The zero-order valence-electron chi connectivity index (χ0n) is 25.6. The number of aromatic nitrogens is 2. The molecule has 0 unspecified atom stereocenters. The van der Waals surface area contributed by atoms with Crippen LogP contribution < -0.4 is 20.9 Å². The zero-order chi connectivity index (χ0) is 30.1. The molecule has 2 fully saturated rings. The van der Waals surface area contributed by atoms with Gasteiger partial charge in [-0.3, -0.25) is 4.79 Å². The summed E-state index contributed by atoms with van der Waals surface area (Å²) in [6, 6.07) is 10.7. The molecule has 0 spiro atoms. The average Bonchev–Trinajstić information content (AvgIpc) is 3.48. The Morgan fingerprint density at radius 1 is 1.05 bits per heavy atom. The lowest BCUT2D eigenvalue weighted by Crippen LogP contribution is -2.47. The molecule has 2 aliphatic rings. The predicted octanol–water partition coefficient (Wildman–Crippen LogP) is 3.90. The standard InChI is InChI=1S/C31H47N7O4/c1-23-20-27(35-29(32)34-23)37-16-10-25(11-17-37)38(22-24-8-7-9-26(21-24)36-14-5-6-15-36)28(39)12-18-41-19-13-33-30(40)42-31(2,3)4/h7-9,20-21,25H,5-6,10-19,22H2,1-4H3,(H,33,40)(H2,32,34,35). The van der Waals surface area contributed by atoms with E-state index < -0.39 is 11.7 Å². The van der Waals surface area contributed by atoms with Gasteiger partial charge in [-0.05, 0) is 71.1 Å². The molecule has 3 N–H and O–H groups in total. The van der Waals surface area contributed by atoms with Crippen LogP contribution in [0, 0.1) is 6.92 Å². The van der Waals surface area contributed by atoms with E-state index in [9.17, 15) is 9.59 Å². The van der Waals surface area contributed by atoms with Crippen LogP contribution in [0.4, 0.5) is 22.2 Å². The minimum atomic E-state index is -0.550. The zero-order valence-corrected chi connectivity index (χ0v) is 25.6. The number of aryl methyl sites for hydroxylation is 1. The Bertz CT molecular complexity index is 1170. The van der Waals surface area contributed by atoms with E-state index in [4.69, 9.17) is 15.2 Å². The molecular formula is C31H47N7O4. The lowest BCUT2D eigenvalue weighted by atomic mass is 10.0. The van der Waals surface area contributed by atoms with Crippen molar-refractivity contribution >= 4 is 29.5 Å². The Morgan fingerprint density at radius 3 is 2.48 bits per heavy atom. The Kier molecular flexibility index (Phi) is 10.8. The molecule has 11 heteroatoms. The number of nitrogens with one attached hydrogen (secondary N) is 1. The van der Waals surface area contributed by atoms with Gasteiger partial charge in [0.05, 0.1) is 19.6 Å². The van der Waals surface area contributed by atoms with E-state index >= 15 is 0 Å². The average molecular weight is 582 g/mol. The van der Waals surface area contributed by atoms with E-state index in [1.807, 2.05) is 38.7 Å². The highest BCUT2D eigenvalue weighted by Crippen LogP contribution is 2.26. The molecule has 0 saturated carbocycles. The summed E-state index contributed by atoms with van der Waals surface area (Å²) in [6.07, 6.45) is 3.91. The monoisotopic (exact) mass is 581 g/mol. The fraction of sp³-hybridized carbons (Fsp3) is 0.613. The first-order valence-electron chi connectivity index (χ1n) is 15.1. The van der Waals surface area contributed by atoms with Gasteiger partial charge in [0, 0.05) is 62.8 Å². The fourth-order valence-corrected chi connectivity index (χ4v) is 5.53. The minimum absolute atomic E-state index is 0.0715. The van der Waals surface area contributed by atoms with Crippen molar-refractivity contribution in [2.75, 3.05) is 61.5 Å². The second kappa shape index (κ2) is 14.5. The van der Waals surface area contributed by atoms with Gasteiger partial charge in [-0.15, -0.1) is 0 Å². The summed E-state index contributed by atoms with van der Waals surface area (Å²) in [7, 11) is 0. The summed E-state index contributed by atoms with van der Waals surface area (Å²) in [5.41, 5.74) is 8.55. The van der Waals surface area contributed by atoms with Crippen LogP contribution in [0.15, 0.2) is 30.3 Å². The van der Waals surface area contributed by atoms with Crippen molar-refractivity contribution < 1.29 is 19.1 Å². The highest BCUT2D eigenvalue weighted by molar-refractivity contribution is 5.76. The van der Waals surface area contributed by atoms with Gasteiger partial charge in [0.2, 0.25) is 11.9 Å². The van der Waals surface area contributed by atoms with Crippen LogP contribution in [-0.2, 0) is 20.8 Å². The maximum absolute atomic E-state index is 13.6. The number of hydrogen-bond donors (Lipinski definition) is 2. The summed E-state index contributed by atoms with van der Waals surface area (Å²) in [5.74, 6) is 1.19. The van der Waals surface area contributed by atoms with Crippen LogP contribution in [0.3, 0.4) is 0 Å². The number of ether oxygens (including phenoxy) is 2. The number of anilines is 3. The quantitative estimate of drug-likeness (QED) is 0.380. The predicted molar refractivity (Wildman–Crippen MR) is 165 cm³/mol. The molecule has 1 aromatic carbocycles. The molecular weight excluding hydrogens is 534 g/mol. The molecule has 0 atom stereocenters. The summed E-state index contributed by atoms with van der Waals surface area (Å²) < 4.78 is 10.9. The Morgan fingerprint density at radius 2 is 1.79 bits per heavy atom. The van der Waals surface area contributed by atoms with Gasteiger partial charge in [-0.2, -0.15) is 4.98 Å². The van der Waals surface area contributed by atoms with Crippen molar-refractivity contribution in [1.82, 2.24) is 20.2 Å². The molecule has 0 bridgehead atoms. The van der Waals surface area contributed by atoms with Crippen LogP contribution >= 0.6 is 0 Å². The molecule has 2 amide bonds. The number of nitrogens with zero attached hydrogens (tertiary/aromatic N) is 5. The van der Waals surface area contributed by atoms with Gasteiger partial charge in [0.25, 0.3) is 0 Å². The van der Waals surface area contributed by atoms with Crippen molar-refractivity contribution in [2.45, 2.75) is 78.0 Å². The molecule has 3 heterocycles. The van der Waals surface area contributed by atoms with Gasteiger partial charge in [-0.1, -0.05) is 12.1 Å². The van der Waals surface area contributed by atoms with Gasteiger partial charge >= 0.3 is 6.09 Å². The smallest absolute Gasteiger partial charge is 0.407 e. The van der Waals surface area contributed by atoms with E-state index in [0.29, 0.717) is 19.7 Å². The molecule has 0 radical (unpaired) electrons. The third-order valence-electron chi connectivity index (χ3n) is 7.52. The molecule has 0 aliphatic carbocycles. The maximum atomic E-state index is 13.6. The van der Waals surface area contributed by atoms with Gasteiger partial charge in [-0.25, -0.2) is 9.78 Å². The van der Waals surface area contributed by atoms with Crippen molar-refractivity contribution in [2.24, 2.45) is 0 Å². The first-order chi connectivity index (χ1) is 20.1. The molecule has 1 aromatic heterocycles. The van der Waals surface area contributed by atoms with E-state index in [-0.39, 0.29) is 30.9 Å². The SMILES string of the molecule is Cc1cc(N2CCC(N(Cc3cccc(N4CCCC4)c3)C(=O)CCOCCNC(=O)OC(C)(C)C)CC2)nc(N)n1. The molecule has 2 aromatic rings. The lowest BCUT2D eigenvalue weighted by molar-refractivity contribution is -0.135. The van der Waals surface area contributed by atoms with Crippen molar-refractivity contribution in [1.29, 1.82) is 0 Å². The molecule has 11 nitrogen and oxygen atoms in total. The molecule has 42 heavy (non-hydrogen) atoms. The van der Waals surface area contributed by atoms with Crippen molar-refractivity contribution in [3.05, 3.63) is 41.6 Å². The van der Waals surface area contributed by atoms with Crippen LogP contribution in [0.25, 0.3) is 0 Å². The molecule has 4 rings (SSSR count). The number of benzene rings is 1. The maximum Gasteiger partial charge on any atom is 0.407 e. The van der Waals surface area contributed by atoms with Gasteiger partial charge in [0.15, 0.2) is 0 Å². The summed E-state index contributed by atoms with van der Waals surface area (Å²) >= 11 is 0. The number of nitrogens with two attached hydrogens (primary N) is 1. The van der Waals surface area contributed by atoms with Crippen LogP contribution in [0.2, 0.25) is 0 Å². The van der Waals surface area contributed by atoms with Crippen molar-refractivity contribution in [3.8, 4) is 0 Å². The molecule has 230 valence electrons. The number of rotatable bonds is 11. The number of carbonyl (C=O) groups excluding carboxylic acids is 2. The minimum Gasteiger partial charge on any atom is -0.444 e. The largest absolute Gasteiger partial charge is 0.444 e. The lowest BCUT2D eigenvalue weighted by Gasteiger charge is -2.39. The third-order valence-corrected chi connectivity index (χ3v) is 7.52. The number of hydrogen-bond acceptors (Lipinski definition) is 9. The first kappa shape index (κ1) is 31.3. The number of carbonyl (C=O) groups is 2. The van der Waals surface area contributed by atoms with Crippen LogP contribution in [-0.4, -0.2) is 84.4 Å². The van der Waals surface area contributed by atoms with Gasteiger partial charge in [0.1, 0.15) is 11.4 Å². The van der Waals surface area contributed by atoms with E-state index in [0.717, 1.165) is 56.1 Å². The Hall–Kier alpha value is -3.60.